The van der Waals surface area contributed by atoms with Crippen LogP contribution in [0.25, 0.3) is 16.7 Å². The summed E-state index contributed by atoms with van der Waals surface area (Å²) in [6.45, 7) is 0. The number of thiocarbonyl (C=S) groups is 1. The number of benzene rings is 3. The number of para-hydroxylation sites is 1. The second-order valence-electron chi connectivity index (χ2n) is 6.70. The Morgan fingerprint density at radius 2 is 1.88 bits per heavy atom. The van der Waals surface area contributed by atoms with Crippen molar-refractivity contribution in [2.24, 2.45) is 0 Å². The van der Waals surface area contributed by atoms with Gasteiger partial charge in [-0.15, -0.1) is 15.0 Å². The Bertz CT molecular complexity index is 1410. The van der Waals surface area contributed by atoms with Gasteiger partial charge in [-0.3, -0.25) is 20.2 Å². The molecular formula is C21H15FN6O4S. The van der Waals surface area contributed by atoms with Crippen molar-refractivity contribution in [2.75, 3.05) is 12.4 Å². The van der Waals surface area contributed by atoms with Crippen molar-refractivity contribution in [1.82, 2.24) is 20.3 Å². The molecule has 33 heavy (non-hydrogen) atoms. The number of amides is 1. The van der Waals surface area contributed by atoms with Gasteiger partial charge in [-0.1, -0.05) is 12.1 Å². The predicted octanol–water partition coefficient (Wildman–Crippen LogP) is 3.60. The number of aromatic nitrogens is 3. The summed E-state index contributed by atoms with van der Waals surface area (Å²) >= 11 is 5.17. The van der Waals surface area contributed by atoms with E-state index < -0.39 is 16.6 Å². The minimum absolute atomic E-state index is 0.0284. The fourth-order valence-electron chi connectivity index (χ4n) is 3.03. The third kappa shape index (κ3) is 4.60. The van der Waals surface area contributed by atoms with Gasteiger partial charge in [-0.05, 0) is 54.7 Å². The van der Waals surface area contributed by atoms with E-state index in [2.05, 4.69) is 20.8 Å². The molecule has 0 aliphatic carbocycles. The lowest BCUT2D eigenvalue weighted by Crippen LogP contribution is -2.34. The van der Waals surface area contributed by atoms with Crippen molar-refractivity contribution >= 4 is 45.6 Å². The minimum Gasteiger partial charge on any atom is -0.490 e. The molecule has 166 valence electrons. The Hall–Kier alpha value is -4.45. The number of nitrogens with one attached hydrogen (secondary N) is 2. The molecule has 1 aromatic heterocycles. The lowest BCUT2D eigenvalue weighted by Gasteiger charge is -2.10. The first-order valence-electron chi connectivity index (χ1n) is 9.42. The van der Waals surface area contributed by atoms with E-state index in [4.69, 9.17) is 17.0 Å². The number of halogens is 1. The maximum atomic E-state index is 14.0. The Morgan fingerprint density at radius 1 is 1.12 bits per heavy atom. The minimum atomic E-state index is -0.643. The van der Waals surface area contributed by atoms with Crippen molar-refractivity contribution in [3.8, 4) is 11.4 Å². The normalized spacial score (nSPS) is 10.6. The van der Waals surface area contributed by atoms with Crippen LogP contribution in [0.2, 0.25) is 0 Å². The molecular weight excluding hydrogens is 451 g/mol. The van der Waals surface area contributed by atoms with Gasteiger partial charge in [0.25, 0.3) is 5.91 Å². The van der Waals surface area contributed by atoms with Crippen LogP contribution in [0.5, 0.6) is 5.75 Å². The van der Waals surface area contributed by atoms with Crippen LogP contribution in [-0.2, 0) is 0 Å². The number of rotatable bonds is 5. The van der Waals surface area contributed by atoms with E-state index in [-0.39, 0.29) is 27.8 Å². The molecule has 0 fully saturated rings. The summed E-state index contributed by atoms with van der Waals surface area (Å²) in [5, 5.41) is 25.0. The van der Waals surface area contributed by atoms with Crippen molar-refractivity contribution in [3.05, 3.63) is 82.2 Å². The average molecular weight is 466 g/mol. The number of nitro benzene ring substituents is 1. The van der Waals surface area contributed by atoms with Crippen LogP contribution in [0.15, 0.2) is 60.7 Å². The lowest BCUT2D eigenvalue weighted by atomic mass is 10.1. The van der Waals surface area contributed by atoms with Crippen LogP contribution >= 0.6 is 12.2 Å². The number of nitrogens with zero attached hydrogens (tertiary/aromatic N) is 4. The van der Waals surface area contributed by atoms with Crippen molar-refractivity contribution < 1.29 is 18.8 Å². The van der Waals surface area contributed by atoms with Gasteiger partial charge in [0.05, 0.1) is 12.0 Å². The van der Waals surface area contributed by atoms with Gasteiger partial charge in [-0.2, -0.15) is 0 Å². The van der Waals surface area contributed by atoms with Gasteiger partial charge in [0.1, 0.15) is 16.7 Å². The number of methoxy groups -OCH3 is 1. The summed E-state index contributed by atoms with van der Waals surface area (Å²) in [5.74, 6) is -1.06. The maximum absolute atomic E-state index is 14.0. The lowest BCUT2D eigenvalue weighted by molar-refractivity contribution is -0.385. The molecule has 1 heterocycles. The highest BCUT2D eigenvalue weighted by molar-refractivity contribution is 7.80. The number of carbonyl (C=O) groups excluding carboxylic acids is 1. The molecule has 0 saturated heterocycles. The van der Waals surface area contributed by atoms with E-state index in [1.807, 2.05) is 0 Å². The molecule has 0 radical (unpaired) electrons. The Morgan fingerprint density at radius 3 is 2.61 bits per heavy atom. The molecule has 0 bridgehead atoms. The Kier molecular flexibility index (Phi) is 5.91. The molecule has 4 rings (SSSR count). The second-order valence-corrected chi connectivity index (χ2v) is 7.10. The first-order chi connectivity index (χ1) is 15.9. The van der Waals surface area contributed by atoms with E-state index in [1.54, 1.807) is 36.4 Å². The van der Waals surface area contributed by atoms with Crippen LogP contribution in [0.1, 0.15) is 10.4 Å². The van der Waals surface area contributed by atoms with Crippen molar-refractivity contribution in [2.45, 2.75) is 0 Å². The molecule has 0 saturated carbocycles. The summed E-state index contributed by atoms with van der Waals surface area (Å²) in [5.41, 5.74) is 1.42. The molecule has 3 aromatic carbocycles. The Balaban J connectivity index is 1.49. The average Bonchev–Trinajstić information content (AvgIpc) is 3.21. The third-order valence-corrected chi connectivity index (χ3v) is 4.78. The maximum Gasteiger partial charge on any atom is 0.311 e. The van der Waals surface area contributed by atoms with E-state index in [9.17, 15) is 19.3 Å². The van der Waals surface area contributed by atoms with E-state index in [0.717, 1.165) is 6.07 Å². The molecule has 0 atom stereocenters. The quantitative estimate of drug-likeness (QED) is 0.260. The van der Waals surface area contributed by atoms with Gasteiger partial charge in [0.2, 0.25) is 0 Å². The Labute approximate surface area is 191 Å². The zero-order chi connectivity index (χ0) is 23.5. The van der Waals surface area contributed by atoms with Gasteiger partial charge < -0.3 is 10.1 Å². The zero-order valence-electron chi connectivity index (χ0n) is 17.0. The first-order valence-corrected chi connectivity index (χ1v) is 9.83. The number of hydrogen-bond donors (Lipinski definition) is 2. The summed E-state index contributed by atoms with van der Waals surface area (Å²) in [7, 11) is 1.30. The molecule has 4 aromatic rings. The molecule has 0 aliphatic rings. The van der Waals surface area contributed by atoms with Crippen molar-refractivity contribution in [3.63, 3.8) is 0 Å². The summed E-state index contributed by atoms with van der Waals surface area (Å²) in [4.78, 5) is 24.2. The summed E-state index contributed by atoms with van der Waals surface area (Å²) < 4.78 is 18.9. The highest BCUT2D eigenvalue weighted by Crippen LogP contribution is 2.27. The number of fused-ring (bicyclic) bond motifs is 1. The monoisotopic (exact) mass is 466 g/mol. The van der Waals surface area contributed by atoms with E-state index >= 15 is 0 Å². The number of hydrogen-bond acceptors (Lipinski definition) is 7. The highest BCUT2D eigenvalue weighted by atomic mass is 32.1. The molecule has 2 N–H and O–H groups in total. The standard InChI is InChI=1S/C21H15FN6O4S/c1-32-19-9-6-12(10-18(19)28(30)31)20(29)24-21(33)23-13-7-8-15-16(11-13)26-27(25-15)17-5-3-2-4-14(17)22/h2-11H,1H3,(H2,23,24,29,33). The zero-order valence-corrected chi connectivity index (χ0v) is 17.8. The van der Waals surface area contributed by atoms with Gasteiger partial charge in [-0.25, -0.2) is 4.39 Å². The molecule has 0 unspecified atom stereocenters. The van der Waals surface area contributed by atoms with Crippen molar-refractivity contribution in [1.29, 1.82) is 0 Å². The summed E-state index contributed by atoms with van der Waals surface area (Å²) in [6, 6.07) is 14.9. The SMILES string of the molecule is COc1ccc(C(=O)NC(=S)Nc2ccc3nn(-c4ccccc4F)nc3c2)cc1[N+](=O)[O-]. The van der Waals surface area contributed by atoms with Gasteiger partial charge in [0, 0.05) is 17.3 Å². The number of nitro groups is 1. The smallest absolute Gasteiger partial charge is 0.311 e. The molecule has 12 heteroatoms. The van der Waals surface area contributed by atoms with Gasteiger partial charge in [0.15, 0.2) is 16.7 Å². The fourth-order valence-corrected chi connectivity index (χ4v) is 3.24. The predicted molar refractivity (Wildman–Crippen MR) is 122 cm³/mol. The number of carbonyl (C=O) groups is 1. The molecule has 1 amide bonds. The van der Waals surface area contributed by atoms with Crippen LogP contribution in [0.3, 0.4) is 0 Å². The highest BCUT2D eigenvalue weighted by Gasteiger charge is 2.19. The number of anilines is 1. The largest absolute Gasteiger partial charge is 0.490 e. The molecule has 10 nitrogen and oxygen atoms in total. The third-order valence-electron chi connectivity index (χ3n) is 4.57. The van der Waals surface area contributed by atoms with Crippen LogP contribution in [0, 0.1) is 15.9 Å². The fraction of sp³-hybridized carbons (Fsp3) is 0.0476. The summed E-state index contributed by atoms with van der Waals surface area (Å²) in [6.07, 6.45) is 0. The van der Waals surface area contributed by atoms with Gasteiger partial charge >= 0.3 is 5.69 Å². The molecule has 0 spiro atoms. The van der Waals surface area contributed by atoms with Crippen LogP contribution in [-0.4, -0.2) is 38.0 Å². The topological polar surface area (TPSA) is 124 Å². The van der Waals surface area contributed by atoms with Crippen LogP contribution in [0.4, 0.5) is 15.8 Å². The van der Waals surface area contributed by atoms with Crippen LogP contribution < -0.4 is 15.4 Å². The van der Waals surface area contributed by atoms with E-state index in [0.29, 0.717) is 16.7 Å². The number of ether oxygens (including phenoxy) is 1. The second kappa shape index (κ2) is 8.96. The molecule has 0 aliphatic heterocycles. The van der Waals surface area contributed by atoms with E-state index in [1.165, 1.54) is 30.1 Å². The first kappa shape index (κ1) is 21.8.